The van der Waals surface area contributed by atoms with Crippen molar-refractivity contribution in [1.29, 1.82) is 0 Å². The van der Waals surface area contributed by atoms with Crippen LogP contribution < -0.4 is 11.1 Å². The molecular formula is C17H18BrN3O2. The van der Waals surface area contributed by atoms with E-state index in [4.69, 9.17) is 5.73 Å². The van der Waals surface area contributed by atoms with E-state index in [-0.39, 0.29) is 5.91 Å². The molecular weight excluding hydrogens is 358 g/mol. The topological polar surface area (TPSA) is 75.4 Å². The summed E-state index contributed by atoms with van der Waals surface area (Å²) >= 11 is 3.39. The van der Waals surface area contributed by atoms with Crippen molar-refractivity contribution in [2.45, 2.75) is 13.1 Å². The third-order valence-electron chi connectivity index (χ3n) is 3.35. The summed E-state index contributed by atoms with van der Waals surface area (Å²) in [5, 5.41) is 2.51. The second kappa shape index (κ2) is 7.78. The Balaban J connectivity index is 1.98. The summed E-state index contributed by atoms with van der Waals surface area (Å²) in [6.45, 7) is 0.885. The Labute approximate surface area is 143 Å². The number of hydrogen-bond acceptors (Lipinski definition) is 2. The van der Waals surface area contributed by atoms with E-state index in [2.05, 4.69) is 21.2 Å². The Morgan fingerprint density at radius 2 is 1.61 bits per heavy atom. The van der Waals surface area contributed by atoms with Gasteiger partial charge in [0.25, 0.3) is 5.91 Å². The van der Waals surface area contributed by atoms with Gasteiger partial charge in [-0.25, -0.2) is 4.79 Å². The third kappa shape index (κ3) is 5.10. The van der Waals surface area contributed by atoms with Gasteiger partial charge >= 0.3 is 6.03 Å². The highest BCUT2D eigenvalue weighted by Gasteiger charge is 2.12. The summed E-state index contributed by atoms with van der Waals surface area (Å²) in [6.07, 6.45) is 0. The highest BCUT2D eigenvalue weighted by molar-refractivity contribution is 9.10. The molecule has 0 saturated heterocycles. The minimum Gasteiger partial charge on any atom is -0.352 e. The molecule has 0 saturated carbocycles. The van der Waals surface area contributed by atoms with Crippen molar-refractivity contribution in [3.05, 3.63) is 69.7 Å². The molecule has 0 aliphatic heterocycles. The second-order valence-electron chi connectivity index (χ2n) is 5.20. The van der Waals surface area contributed by atoms with Crippen molar-refractivity contribution in [1.82, 2.24) is 10.2 Å². The maximum atomic E-state index is 12.4. The lowest BCUT2D eigenvalue weighted by molar-refractivity contribution is 0.0785. The molecule has 0 unspecified atom stereocenters. The van der Waals surface area contributed by atoms with E-state index in [0.29, 0.717) is 18.7 Å². The number of amides is 3. The number of benzene rings is 2. The lowest BCUT2D eigenvalue weighted by Crippen LogP contribution is -2.28. The number of nitrogens with one attached hydrogen (secondary N) is 1. The number of carbonyl (C=O) groups is 2. The van der Waals surface area contributed by atoms with Gasteiger partial charge in [0.15, 0.2) is 0 Å². The van der Waals surface area contributed by atoms with Crippen LogP contribution in [0.5, 0.6) is 0 Å². The summed E-state index contributed by atoms with van der Waals surface area (Å²) in [4.78, 5) is 24.8. The number of hydrogen-bond donors (Lipinski definition) is 2. The predicted molar refractivity (Wildman–Crippen MR) is 92.8 cm³/mol. The first-order valence-electron chi connectivity index (χ1n) is 7.08. The van der Waals surface area contributed by atoms with E-state index in [0.717, 1.165) is 15.6 Å². The normalized spacial score (nSPS) is 10.2. The molecule has 2 rings (SSSR count). The maximum absolute atomic E-state index is 12.4. The fraction of sp³-hybridized carbons (Fsp3) is 0.176. The highest BCUT2D eigenvalue weighted by Crippen LogP contribution is 2.13. The summed E-state index contributed by atoms with van der Waals surface area (Å²) in [5.74, 6) is -0.0534. The van der Waals surface area contributed by atoms with Crippen LogP contribution in [0.4, 0.5) is 4.79 Å². The lowest BCUT2D eigenvalue weighted by atomic mass is 10.1. The average Bonchev–Trinajstić information content (AvgIpc) is 2.55. The van der Waals surface area contributed by atoms with Crippen molar-refractivity contribution in [3.63, 3.8) is 0 Å². The first kappa shape index (κ1) is 17.0. The summed E-state index contributed by atoms with van der Waals surface area (Å²) in [7, 11) is 1.77. The summed E-state index contributed by atoms with van der Waals surface area (Å²) < 4.78 is 1.01. The number of urea groups is 1. The fourth-order valence-corrected chi connectivity index (χ4v) is 2.37. The van der Waals surface area contributed by atoms with Crippen molar-refractivity contribution in [3.8, 4) is 0 Å². The van der Waals surface area contributed by atoms with Crippen molar-refractivity contribution in [2.75, 3.05) is 7.05 Å². The maximum Gasteiger partial charge on any atom is 0.312 e. The Kier molecular flexibility index (Phi) is 5.76. The Morgan fingerprint density at radius 1 is 1.04 bits per heavy atom. The van der Waals surface area contributed by atoms with Gasteiger partial charge in [-0.05, 0) is 35.4 Å². The number of halogens is 1. The quantitative estimate of drug-likeness (QED) is 0.842. The van der Waals surface area contributed by atoms with Crippen LogP contribution in [0.15, 0.2) is 53.0 Å². The molecule has 0 heterocycles. The van der Waals surface area contributed by atoms with Crippen LogP contribution in [0.1, 0.15) is 21.5 Å². The van der Waals surface area contributed by atoms with E-state index in [1.807, 2.05) is 24.3 Å². The molecule has 5 nitrogen and oxygen atoms in total. The molecule has 0 fully saturated rings. The molecule has 3 N–H and O–H groups in total. The van der Waals surface area contributed by atoms with Gasteiger partial charge in [0.2, 0.25) is 0 Å². The third-order valence-corrected chi connectivity index (χ3v) is 3.88. The Hall–Kier alpha value is -2.34. The number of rotatable bonds is 5. The smallest absolute Gasteiger partial charge is 0.312 e. The standard InChI is InChI=1S/C17H18BrN3O2/c1-21(11-13-4-8-15(18)9-5-13)16(22)14-6-2-12(3-7-14)10-20-17(19)23/h2-9H,10-11H2,1H3,(H3,19,20,23). The number of carbonyl (C=O) groups excluding carboxylic acids is 2. The zero-order valence-corrected chi connectivity index (χ0v) is 14.3. The van der Waals surface area contributed by atoms with Crippen LogP contribution >= 0.6 is 15.9 Å². The minimum absolute atomic E-state index is 0.0534. The molecule has 23 heavy (non-hydrogen) atoms. The largest absolute Gasteiger partial charge is 0.352 e. The molecule has 0 spiro atoms. The monoisotopic (exact) mass is 375 g/mol. The van der Waals surface area contributed by atoms with Crippen molar-refractivity contribution < 1.29 is 9.59 Å². The van der Waals surface area contributed by atoms with Crippen LogP contribution in [-0.2, 0) is 13.1 Å². The minimum atomic E-state index is -0.570. The van der Waals surface area contributed by atoms with Crippen LogP contribution in [0.2, 0.25) is 0 Å². The van der Waals surface area contributed by atoms with Crippen LogP contribution in [0.25, 0.3) is 0 Å². The fourth-order valence-electron chi connectivity index (χ4n) is 2.11. The second-order valence-corrected chi connectivity index (χ2v) is 6.12. The SMILES string of the molecule is CN(Cc1ccc(Br)cc1)C(=O)c1ccc(CNC(N)=O)cc1. The van der Waals surface area contributed by atoms with E-state index in [1.54, 1.807) is 36.2 Å². The highest BCUT2D eigenvalue weighted by atomic mass is 79.9. The van der Waals surface area contributed by atoms with Gasteiger partial charge in [-0.2, -0.15) is 0 Å². The first-order chi connectivity index (χ1) is 11.0. The van der Waals surface area contributed by atoms with Gasteiger partial charge in [0.05, 0.1) is 0 Å². The molecule has 0 bridgehead atoms. The number of nitrogens with zero attached hydrogens (tertiary/aromatic N) is 1. The Bertz CT molecular complexity index is 684. The molecule has 0 aliphatic carbocycles. The van der Waals surface area contributed by atoms with E-state index >= 15 is 0 Å². The molecule has 2 aromatic carbocycles. The zero-order chi connectivity index (χ0) is 16.8. The van der Waals surface area contributed by atoms with E-state index in [1.165, 1.54) is 0 Å². The molecule has 6 heteroatoms. The molecule has 0 aliphatic rings. The summed E-state index contributed by atoms with van der Waals surface area (Å²) in [5.41, 5.74) is 7.58. The predicted octanol–water partition coefficient (Wildman–Crippen LogP) is 2.89. The van der Waals surface area contributed by atoms with Crippen LogP contribution in [0, 0.1) is 0 Å². The van der Waals surface area contributed by atoms with Crippen molar-refractivity contribution >= 4 is 27.9 Å². The lowest BCUT2D eigenvalue weighted by Gasteiger charge is -2.17. The number of nitrogens with two attached hydrogens (primary N) is 1. The van der Waals surface area contributed by atoms with Crippen LogP contribution in [-0.4, -0.2) is 23.9 Å². The zero-order valence-electron chi connectivity index (χ0n) is 12.8. The average molecular weight is 376 g/mol. The van der Waals surface area contributed by atoms with Gasteiger partial charge in [-0.3, -0.25) is 4.79 Å². The molecule has 0 atom stereocenters. The molecule has 3 amide bonds. The van der Waals surface area contributed by atoms with E-state index in [9.17, 15) is 9.59 Å². The Morgan fingerprint density at radius 3 is 2.17 bits per heavy atom. The van der Waals surface area contributed by atoms with E-state index < -0.39 is 6.03 Å². The van der Waals surface area contributed by atoms with Gasteiger partial charge in [-0.1, -0.05) is 40.2 Å². The summed E-state index contributed by atoms with van der Waals surface area (Å²) in [6, 6.07) is 14.4. The molecule has 0 aromatic heterocycles. The number of primary amides is 1. The van der Waals surface area contributed by atoms with Crippen molar-refractivity contribution in [2.24, 2.45) is 5.73 Å². The molecule has 0 radical (unpaired) electrons. The van der Waals surface area contributed by atoms with Gasteiger partial charge in [0.1, 0.15) is 0 Å². The van der Waals surface area contributed by atoms with Crippen LogP contribution in [0.3, 0.4) is 0 Å². The molecule has 120 valence electrons. The van der Waals surface area contributed by atoms with Gasteiger partial charge in [0, 0.05) is 30.2 Å². The van der Waals surface area contributed by atoms with Gasteiger partial charge < -0.3 is 16.0 Å². The van der Waals surface area contributed by atoms with Gasteiger partial charge in [-0.15, -0.1) is 0 Å². The molecule has 2 aromatic rings. The first-order valence-corrected chi connectivity index (χ1v) is 7.87.